The Morgan fingerprint density at radius 1 is 1.39 bits per heavy atom. The summed E-state index contributed by atoms with van der Waals surface area (Å²) in [5, 5.41) is 21.5. The second-order valence-electron chi connectivity index (χ2n) is 3.85. The molecule has 2 N–H and O–H groups in total. The van der Waals surface area contributed by atoms with Crippen LogP contribution in [0.5, 0.6) is 0 Å². The first-order valence-corrected chi connectivity index (χ1v) is 5.11. The molecule has 18 heavy (non-hydrogen) atoms. The van der Waals surface area contributed by atoms with E-state index in [0.29, 0.717) is 5.56 Å². The Balaban J connectivity index is 2.99. The van der Waals surface area contributed by atoms with Crippen molar-refractivity contribution in [2.75, 3.05) is 0 Å². The fourth-order valence-corrected chi connectivity index (χ4v) is 1.34. The van der Waals surface area contributed by atoms with Crippen molar-refractivity contribution in [1.82, 2.24) is 5.32 Å². The summed E-state index contributed by atoms with van der Waals surface area (Å²) in [6.07, 6.45) is 0. The zero-order chi connectivity index (χ0) is 13.9. The van der Waals surface area contributed by atoms with E-state index in [2.05, 4.69) is 5.32 Å². The number of nitro benzene ring substituents is 1. The predicted molar refractivity (Wildman–Crippen MR) is 62.4 cm³/mol. The highest BCUT2D eigenvalue weighted by Gasteiger charge is 2.17. The number of benzene rings is 1. The minimum atomic E-state index is -1.18. The molecule has 1 atom stereocenters. The third-order valence-corrected chi connectivity index (χ3v) is 2.25. The number of amides is 1. The monoisotopic (exact) mass is 252 g/mol. The zero-order valence-corrected chi connectivity index (χ0v) is 9.84. The Morgan fingerprint density at radius 2 is 2.00 bits per heavy atom. The molecule has 0 aliphatic rings. The van der Waals surface area contributed by atoms with Gasteiger partial charge in [-0.25, -0.2) is 0 Å². The van der Waals surface area contributed by atoms with Crippen LogP contribution in [-0.4, -0.2) is 27.9 Å². The number of non-ortho nitro benzene ring substituents is 1. The third kappa shape index (κ3) is 3.27. The predicted octanol–water partition coefficient (Wildman–Crippen LogP) is 1.11. The number of nitrogens with one attached hydrogen (secondary N) is 1. The van der Waals surface area contributed by atoms with Gasteiger partial charge in [0.15, 0.2) is 0 Å². The van der Waals surface area contributed by atoms with Crippen molar-refractivity contribution >= 4 is 17.6 Å². The molecule has 0 heterocycles. The SMILES string of the molecule is Cc1cc(C(=O)N[C@@H](C)C(=O)O)cc([N+](=O)[O-])c1. The number of nitro groups is 1. The van der Waals surface area contributed by atoms with E-state index < -0.39 is 22.8 Å². The van der Waals surface area contributed by atoms with Crippen molar-refractivity contribution < 1.29 is 19.6 Å². The summed E-state index contributed by atoms with van der Waals surface area (Å²) in [7, 11) is 0. The number of rotatable bonds is 4. The number of carboxylic acids is 1. The summed E-state index contributed by atoms with van der Waals surface area (Å²) in [4.78, 5) is 32.3. The standard InChI is InChI=1S/C11H12N2O5/c1-6-3-8(5-9(4-6)13(17)18)10(14)12-7(2)11(15)16/h3-5,7H,1-2H3,(H,12,14)(H,15,16)/t7-/m0/s1. The lowest BCUT2D eigenvalue weighted by Gasteiger charge is -2.09. The van der Waals surface area contributed by atoms with Crippen LogP contribution in [0.25, 0.3) is 0 Å². The molecule has 0 bridgehead atoms. The van der Waals surface area contributed by atoms with Gasteiger partial charge in [0.05, 0.1) is 4.92 Å². The summed E-state index contributed by atoms with van der Waals surface area (Å²) in [6, 6.07) is 2.84. The summed E-state index contributed by atoms with van der Waals surface area (Å²) in [6.45, 7) is 2.93. The molecule has 96 valence electrons. The van der Waals surface area contributed by atoms with Gasteiger partial charge in [-0.15, -0.1) is 0 Å². The molecule has 1 rings (SSSR count). The molecular formula is C11H12N2O5. The van der Waals surface area contributed by atoms with Gasteiger partial charge in [-0.05, 0) is 25.5 Å². The van der Waals surface area contributed by atoms with Crippen molar-refractivity contribution in [3.8, 4) is 0 Å². The van der Waals surface area contributed by atoms with Crippen LogP contribution in [0.2, 0.25) is 0 Å². The van der Waals surface area contributed by atoms with Gasteiger partial charge in [0.2, 0.25) is 0 Å². The summed E-state index contributed by atoms with van der Waals surface area (Å²) >= 11 is 0. The second kappa shape index (κ2) is 5.26. The van der Waals surface area contributed by atoms with Gasteiger partial charge in [0.1, 0.15) is 6.04 Å². The average Bonchev–Trinajstić information content (AvgIpc) is 2.27. The molecule has 0 aliphatic carbocycles. The smallest absolute Gasteiger partial charge is 0.325 e. The molecule has 0 aliphatic heterocycles. The van der Waals surface area contributed by atoms with Crippen molar-refractivity contribution in [2.24, 2.45) is 0 Å². The van der Waals surface area contributed by atoms with E-state index >= 15 is 0 Å². The van der Waals surface area contributed by atoms with Gasteiger partial charge in [0, 0.05) is 17.7 Å². The molecular weight excluding hydrogens is 240 g/mol. The number of carboxylic acid groups (broad SMARTS) is 1. The molecule has 1 aromatic rings. The largest absolute Gasteiger partial charge is 0.480 e. The quantitative estimate of drug-likeness (QED) is 0.616. The molecule has 7 heteroatoms. The van der Waals surface area contributed by atoms with Crippen molar-refractivity contribution in [2.45, 2.75) is 19.9 Å². The highest BCUT2D eigenvalue weighted by molar-refractivity contribution is 5.97. The maximum absolute atomic E-state index is 11.7. The minimum absolute atomic E-state index is 0.0646. The van der Waals surface area contributed by atoms with Crippen molar-refractivity contribution in [1.29, 1.82) is 0 Å². The molecule has 0 radical (unpaired) electrons. The lowest BCUT2D eigenvalue weighted by Crippen LogP contribution is -2.38. The second-order valence-corrected chi connectivity index (χ2v) is 3.85. The van der Waals surface area contributed by atoms with Crippen LogP contribution in [-0.2, 0) is 4.79 Å². The van der Waals surface area contributed by atoms with E-state index in [0.717, 1.165) is 6.07 Å². The van der Waals surface area contributed by atoms with Crippen LogP contribution in [0, 0.1) is 17.0 Å². The normalized spacial score (nSPS) is 11.7. The maximum atomic E-state index is 11.7. The lowest BCUT2D eigenvalue weighted by atomic mass is 10.1. The van der Waals surface area contributed by atoms with Crippen LogP contribution in [0.15, 0.2) is 18.2 Å². The van der Waals surface area contributed by atoms with E-state index in [-0.39, 0.29) is 11.3 Å². The minimum Gasteiger partial charge on any atom is -0.480 e. The molecule has 0 saturated carbocycles. The number of aliphatic carboxylic acids is 1. The number of carbonyl (C=O) groups is 2. The van der Waals surface area contributed by atoms with Crippen LogP contribution >= 0.6 is 0 Å². The highest BCUT2D eigenvalue weighted by Crippen LogP contribution is 2.16. The number of hydrogen-bond donors (Lipinski definition) is 2. The number of aryl methyl sites for hydroxylation is 1. The van der Waals surface area contributed by atoms with E-state index in [4.69, 9.17) is 5.11 Å². The fourth-order valence-electron chi connectivity index (χ4n) is 1.34. The number of carbonyl (C=O) groups excluding carboxylic acids is 1. The van der Waals surface area contributed by atoms with Crippen molar-refractivity contribution in [3.63, 3.8) is 0 Å². The molecule has 0 aromatic heterocycles. The van der Waals surface area contributed by atoms with E-state index in [9.17, 15) is 19.7 Å². The van der Waals surface area contributed by atoms with E-state index in [1.54, 1.807) is 6.92 Å². The molecule has 0 fully saturated rings. The van der Waals surface area contributed by atoms with Gasteiger partial charge in [-0.1, -0.05) is 0 Å². The summed E-state index contributed by atoms with van der Waals surface area (Å²) in [5.74, 6) is -1.83. The Hall–Kier alpha value is -2.44. The van der Waals surface area contributed by atoms with Crippen LogP contribution < -0.4 is 5.32 Å². The first kappa shape index (κ1) is 13.6. The van der Waals surface area contributed by atoms with Crippen LogP contribution in [0.4, 0.5) is 5.69 Å². The van der Waals surface area contributed by atoms with Gasteiger partial charge >= 0.3 is 5.97 Å². The van der Waals surface area contributed by atoms with Crippen molar-refractivity contribution in [3.05, 3.63) is 39.4 Å². The Bertz CT molecular complexity index is 512. The Morgan fingerprint density at radius 3 is 2.50 bits per heavy atom. The average molecular weight is 252 g/mol. The van der Waals surface area contributed by atoms with Gasteiger partial charge in [-0.3, -0.25) is 19.7 Å². The molecule has 0 unspecified atom stereocenters. The molecule has 0 spiro atoms. The van der Waals surface area contributed by atoms with E-state index in [1.807, 2.05) is 0 Å². The highest BCUT2D eigenvalue weighted by atomic mass is 16.6. The van der Waals surface area contributed by atoms with Gasteiger partial charge in [0.25, 0.3) is 11.6 Å². The summed E-state index contributed by atoms with van der Waals surface area (Å²) in [5.41, 5.74) is 0.412. The van der Waals surface area contributed by atoms with E-state index in [1.165, 1.54) is 19.1 Å². The Kier molecular flexibility index (Phi) is 3.98. The Labute approximate surface area is 103 Å². The topological polar surface area (TPSA) is 110 Å². The van der Waals surface area contributed by atoms with Gasteiger partial charge < -0.3 is 10.4 Å². The van der Waals surface area contributed by atoms with Crippen LogP contribution in [0.3, 0.4) is 0 Å². The maximum Gasteiger partial charge on any atom is 0.325 e. The lowest BCUT2D eigenvalue weighted by molar-refractivity contribution is -0.384. The zero-order valence-electron chi connectivity index (χ0n) is 9.84. The first-order chi connectivity index (χ1) is 8.31. The first-order valence-electron chi connectivity index (χ1n) is 5.11. The summed E-state index contributed by atoms with van der Waals surface area (Å²) < 4.78 is 0. The van der Waals surface area contributed by atoms with Crippen LogP contribution in [0.1, 0.15) is 22.8 Å². The number of hydrogen-bond acceptors (Lipinski definition) is 4. The van der Waals surface area contributed by atoms with Gasteiger partial charge in [-0.2, -0.15) is 0 Å². The fraction of sp³-hybridized carbons (Fsp3) is 0.273. The molecule has 1 aromatic carbocycles. The number of nitrogens with zero attached hydrogens (tertiary/aromatic N) is 1. The third-order valence-electron chi connectivity index (χ3n) is 2.25. The molecule has 1 amide bonds. The molecule has 0 saturated heterocycles. The molecule has 7 nitrogen and oxygen atoms in total.